The van der Waals surface area contributed by atoms with Crippen LogP contribution >= 0.6 is 0 Å². The second-order valence-corrected chi connectivity index (χ2v) is 10.1. The van der Waals surface area contributed by atoms with Crippen LogP contribution in [0, 0.1) is 5.92 Å². The lowest BCUT2D eigenvalue weighted by Gasteiger charge is -2.43. The van der Waals surface area contributed by atoms with Crippen LogP contribution in [-0.4, -0.2) is 109 Å². The van der Waals surface area contributed by atoms with Gasteiger partial charge in [0, 0.05) is 64.3 Å². The topological polar surface area (TPSA) is 59.1 Å². The zero-order valence-electron chi connectivity index (χ0n) is 19.7. The third-order valence-corrected chi connectivity index (χ3v) is 8.09. The van der Waals surface area contributed by atoms with Gasteiger partial charge in [-0.1, -0.05) is 0 Å². The van der Waals surface area contributed by atoms with Gasteiger partial charge < -0.3 is 19.6 Å². The molecule has 1 aromatic rings. The summed E-state index contributed by atoms with van der Waals surface area (Å²) in [6.45, 7) is 10.3. The molecule has 4 fully saturated rings. The molecule has 176 valence electrons. The summed E-state index contributed by atoms with van der Waals surface area (Å²) in [5.74, 6) is 1.63. The predicted octanol–water partition coefficient (Wildman–Crippen LogP) is 1.53. The Hall–Kier alpha value is -1.93. The number of hydrogen-bond donors (Lipinski definition) is 0. The van der Waals surface area contributed by atoms with Crippen molar-refractivity contribution in [3.8, 4) is 0 Å². The maximum absolute atomic E-state index is 13.2. The average molecular weight is 442 g/mol. The summed E-state index contributed by atoms with van der Waals surface area (Å²) in [6.07, 6.45) is 10.5. The monoisotopic (exact) mass is 441 g/mol. The molecule has 8 nitrogen and oxygen atoms in total. The van der Waals surface area contributed by atoms with Crippen molar-refractivity contribution >= 4 is 17.4 Å². The van der Waals surface area contributed by atoms with Crippen molar-refractivity contribution in [2.24, 2.45) is 5.92 Å². The molecule has 0 radical (unpaired) electrons. The van der Waals surface area contributed by atoms with Crippen molar-refractivity contribution in [2.75, 3.05) is 82.3 Å². The van der Waals surface area contributed by atoms with Gasteiger partial charge in [0.2, 0.25) is 5.91 Å². The van der Waals surface area contributed by atoms with E-state index in [0.717, 1.165) is 76.7 Å². The predicted molar refractivity (Wildman–Crippen MR) is 127 cm³/mol. The Balaban J connectivity index is 1.12. The van der Waals surface area contributed by atoms with Crippen molar-refractivity contribution in [3.63, 3.8) is 0 Å². The Kier molecular flexibility index (Phi) is 6.78. The molecule has 5 rings (SSSR count). The Labute approximate surface area is 192 Å². The van der Waals surface area contributed by atoms with Crippen LogP contribution in [0.1, 0.15) is 38.5 Å². The summed E-state index contributed by atoms with van der Waals surface area (Å²) < 4.78 is 0. The molecule has 4 aliphatic rings. The maximum Gasteiger partial charge on any atom is 0.225 e. The van der Waals surface area contributed by atoms with Gasteiger partial charge in [0.25, 0.3) is 0 Å². The molecule has 0 bridgehead atoms. The lowest BCUT2D eigenvalue weighted by atomic mass is 9.94. The van der Waals surface area contributed by atoms with Crippen LogP contribution in [0.15, 0.2) is 12.5 Å². The average Bonchev–Trinajstić information content (AvgIpc) is 3.39. The first-order valence-electron chi connectivity index (χ1n) is 12.7. The molecule has 0 saturated carbocycles. The molecular formula is C24H39N7O. The van der Waals surface area contributed by atoms with Crippen molar-refractivity contribution in [1.29, 1.82) is 0 Å². The third-order valence-electron chi connectivity index (χ3n) is 8.09. The fraction of sp³-hybridized carbons (Fsp3) is 0.792. The van der Waals surface area contributed by atoms with Gasteiger partial charge in [-0.3, -0.25) is 9.69 Å². The van der Waals surface area contributed by atoms with Gasteiger partial charge in [0.15, 0.2) is 5.82 Å². The van der Waals surface area contributed by atoms with Crippen LogP contribution in [0.3, 0.4) is 0 Å². The van der Waals surface area contributed by atoms with Crippen molar-refractivity contribution in [3.05, 3.63) is 12.5 Å². The molecule has 0 aromatic carbocycles. The molecule has 1 aromatic heterocycles. The van der Waals surface area contributed by atoms with E-state index in [2.05, 4.69) is 41.5 Å². The normalized spacial score (nSPS) is 25.0. The van der Waals surface area contributed by atoms with Crippen LogP contribution in [0.4, 0.5) is 11.5 Å². The first-order valence-corrected chi connectivity index (χ1v) is 12.7. The summed E-state index contributed by atoms with van der Waals surface area (Å²) in [5.41, 5.74) is 1.15. The molecule has 32 heavy (non-hydrogen) atoms. The van der Waals surface area contributed by atoms with E-state index < -0.39 is 0 Å². The molecule has 0 atom stereocenters. The number of amides is 1. The fourth-order valence-corrected chi connectivity index (χ4v) is 6.00. The standard InChI is InChI=1S/C24H39N7O/c1-27-10-6-21(7-11-27)28-14-16-31(17-15-28)24(32)20-4-12-29(13-5-20)22-18-25-19-26-23(22)30-8-2-3-9-30/h18-21H,2-17H2,1H3. The molecule has 0 aliphatic carbocycles. The number of piperidine rings is 2. The quantitative estimate of drug-likeness (QED) is 0.702. The van der Waals surface area contributed by atoms with Crippen molar-refractivity contribution in [1.82, 2.24) is 24.7 Å². The maximum atomic E-state index is 13.2. The van der Waals surface area contributed by atoms with Crippen LogP contribution in [0.2, 0.25) is 0 Å². The van der Waals surface area contributed by atoms with Crippen LogP contribution < -0.4 is 9.80 Å². The van der Waals surface area contributed by atoms with Crippen molar-refractivity contribution < 1.29 is 4.79 Å². The van der Waals surface area contributed by atoms with E-state index in [-0.39, 0.29) is 5.92 Å². The number of hydrogen-bond acceptors (Lipinski definition) is 7. The Morgan fingerprint density at radius 1 is 0.844 bits per heavy atom. The van der Waals surface area contributed by atoms with Gasteiger partial charge in [-0.15, -0.1) is 0 Å². The number of nitrogens with zero attached hydrogens (tertiary/aromatic N) is 7. The first kappa shape index (κ1) is 21.9. The number of carbonyl (C=O) groups is 1. The Bertz CT molecular complexity index is 759. The van der Waals surface area contributed by atoms with E-state index in [1.807, 2.05) is 6.20 Å². The van der Waals surface area contributed by atoms with Crippen LogP contribution in [0.25, 0.3) is 0 Å². The second-order valence-electron chi connectivity index (χ2n) is 10.1. The third kappa shape index (κ3) is 4.71. The number of likely N-dealkylation sites (tertiary alicyclic amines) is 1. The summed E-state index contributed by atoms with van der Waals surface area (Å²) in [4.78, 5) is 34.2. The molecule has 1 amide bonds. The molecule has 8 heteroatoms. The summed E-state index contributed by atoms with van der Waals surface area (Å²) in [6, 6.07) is 0.713. The molecule has 4 saturated heterocycles. The highest BCUT2D eigenvalue weighted by Crippen LogP contribution is 2.32. The molecule has 0 spiro atoms. The number of piperazine rings is 1. The highest BCUT2D eigenvalue weighted by Gasteiger charge is 2.33. The summed E-state index contributed by atoms with van der Waals surface area (Å²) in [5, 5.41) is 0. The second kappa shape index (κ2) is 9.91. The summed E-state index contributed by atoms with van der Waals surface area (Å²) in [7, 11) is 2.22. The Morgan fingerprint density at radius 2 is 1.53 bits per heavy atom. The zero-order valence-corrected chi connectivity index (χ0v) is 19.7. The highest BCUT2D eigenvalue weighted by atomic mass is 16.2. The number of aromatic nitrogens is 2. The van der Waals surface area contributed by atoms with Crippen LogP contribution in [-0.2, 0) is 4.79 Å². The molecule has 0 N–H and O–H groups in total. The highest BCUT2D eigenvalue weighted by molar-refractivity contribution is 5.79. The zero-order chi connectivity index (χ0) is 21.9. The van der Waals surface area contributed by atoms with Gasteiger partial charge in [-0.05, 0) is 58.7 Å². The van der Waals surface area contributed by atoms with E-state index in [4.69, 9.17) is 0 Å². The number of carbonyl (C=O) groups excluding carboxylic acids is 1. The number of rotatable bonds is 4. The van der Waals surface area contributed by atoms with E-state index in [9.17, 15) is 4.79 Å². The first-order chi connectivity index (χ1) is 15.7. The van der Waals surface area contributed by atoms with Gasteiger partial charge >= 0.3 is 0 Å². The van der Waals surface area contributed by atoms with Crippen LogP contribution in [0.5, 0.6) is 0 Å². The minimum absolute atomic E-state index is 0.168. The summed E-state index contributed by atoms with van der Waals surface area (Å²) >= 11 is 0. The molecule has 4 aliphatic heterocycles. The lowest BCUT2D eigenvalue weighted by Crippen LogP contribution is -2.55. The van der Waals surface area contributed by atoms with Gasteiger partial charge in [0.05, 0.1) is 11.9 Å². The lowest BCUT2D eigenvalue weighted by molar-refractivity contribution is -0.138. The van der Waals surface area contributed by atoms with E-state index in [1.54, 1.807) is 6.33 Å². The van der Waals surface area contributed by atoms with Gasteiger partial charge in [-0.2, -0.15) is 0 Å². The van der Waals surface area contributed by atoms with Gasteiger partial charge in [0.1, 0.15) is 6.33 Å². The minimum atomic E-state index is 0.168. The Morgan fingerprint density at radius 3 is 2.22 bits per heavy atom. The molecule has 0 unspecified atom stereocenters. The fourth-order valence-electron chi connectivity index (χ4n) is 6.00. The number of anilines is 2. The SMILES string of the molecule is CN1CCC(N2CCN(C(=O)C3CCN(c4cncnc4N4CCCC4)CC3)CC2)CC1. The van der Waals surface area contributed by atoms with E-state index in [1.165, 1.54) is 38.8 Å². The van der Waals surface area contributed by atoms with Crippen molar-refractivity contribution in [2.45, 2.75) is 44.6 Å². The minimum Gasteiger partial charge on any atom is -0.367 e. The smallest absolute Gasteiger partial charge is 0.225 e. The van der Waals surface area contributed by atoms with Gasteiger partial charge in [-0.25, -0.2) is 9.97 Å². The van der Waals surface area contributed by atoms with E-state index in [0.29, 0.717) is 11.9 Å². The largest absolute Gasteiger partial charge is 0.367 e. The molecule has 5 heterocycles. The molecular weight excluding hydrogens is 402 g/mol. The van der Waals surface area contributed by atoms with E-state index >= 15 is 0 Å².